The van der Waals surface area contributed by atoms with Gasteiger partial charge in [-0.2, -0.15) is 0 Å². The summed E-state index contributed by atoms with van der Waals surface area (Å²) in [5.74, 6) is 0. The predicted molar refractivity (Wildman–Crippen MR) is 104 cm³/mol. The van der Waals surface area contributed by atoms with Crippen LogP contribution in [0.4, 0.5) is 0 Å². The van der Waals surface area contributed by atoms with Crippen LogP contribution in [0.5, 0.6) is 0 Å². The Morgan fingerprint density at radius 2 is 1.39 bits per heavy atom. The van der Waals surface area contributed by atoms with Gasteiger partial charge in [0.2, 0.25) is 0 Å². The molecule has 0 unspecified atom stereocenters. The Bertz CT molecular complexity index is 761. The Kier molecular flexibility index (Phi) is 4.72. The number of hydrogen-bond donors (Lipinski definition) is 0. The number of hydrogen-bond acceptors (Lipinski definition) is 0. The van der Waals surface area contributed by atoms with E-state index in [1.807, 2.05) is 0 Å². The first-order chi connectivity index (χ1) is 11.2. The smallest absolute Gasteiger partial charge is 0.107 e. The zero-order valence-electron chi connectivity index (χ0n) is 14.5. The summed E-state index contributed by atoms with van der Waals surface area (Å²) in [4.78, 5) is 0. The van der Waals surface area contributed by atoms with E-state index >= 15 is 0 Å². The van der Waals surface area contributed by atoms with Gasteiger partial charge in [0.15, 0.2) is 0 Å². The van der Waals surface area contributed by atoms with Gasteiger partial charge in [0, 0.05) is 17.4 Å². The molecule has 23 heavy (non-hydrogen) atoms. The molecule has 0 bridgehead atoms. The molecule has 0 aliphatic heterocycles. The van der Waals surface area contributed by atoms with E-state index in [9.17, 15) is 0 Å². The lowest BCUT2D eigenvalue weighted by atomic mass is 10.2. The van der Waals surface area contributed by atoms with Crippen LogP contribution in [0.15, 0.2) is 60.7 Å². The van der Waals surface area contributed by atoms with Crippen LogP contribution in [0.2, 0.25) is 18.1 Å². The molecule has 0 aliphatic carbocycles. The SMILES string of the molecule is CC[Si](CC)(CC)c1cc2ccccc2n1Cc1ccccc1. The highest BCUT2D eigenvalue weighted by molar-refractivity contribution is 6.91. The topological polar surface area (TPSA) is 4.93 Å². The molecule has 0 atom stereocenters. The van der Waals surface area contributed by atoms with Crippen LogP contribution in [0.1, 0.15) is 26.3 Å². The molecule has 3 aromatic rings. The normalized spacial score (nSPS) is 12.0. The Morgan fingerprint density at radius 3 is 2.04 bits per heavy atom. The molecule has 1 nitrogen and oxygen atoms in total. The Labute approximate surface area is 141 Å². The van der Waals surface area contributed by atoms with Crippen molar-refractivity contribution in [2.75, 3.05) is 0 Å². The van der Waals surface area contributed by atoms with Crippen molar-refractivity contribution in [1.82, 2.24) is 4.57 Å². The molecule has 0 N–H and O–H groups in total. The molecule has 3 rings (SSSR count). The molecule has 2 aromatic carbocycles. The summed E-state index contributed by atoms with van der Waals surface area (Å²) in [5.41, 5.74) is 2.78. The maximum Gasteiger partial charge on any atom is 0.107 e. The number of para-hydroxylation sites is 1. The van der Waals surface area contributed by atoms with Gasteiger partial charge in [-0.05, 0) is 23.1 Å². The van der Waals surface area contributed by atoms with Gasteiger partial charge in [0.1, 0.15) is 8.07 Å². The minimum Gasteiger partial charge on any atom is -0.344 e. The van der Waals surface area contributed by atoms with Crippen LogP contribution in [-0.4, -0.2) is 12.6 Å². The Morgan fingerprint density at radius 1 is 0.783 bits per heavy atom. The standard InChI is InChI=1S/C21H27NSi/c1-4-23(5-2,6-3)21-16-19-14-10-11-15-20(19)22(21)17-18-12-8-7-9-13-18/h7-16H,4-6,17H2,1-3H3. The van der Waals surface area contributed by atoms with Gasteiger partial charge in [-0.25, -0.2) is 0 Å². The van der Waals surface area contributed by atoms with Crippen molar-refractivity contribution >= 4 is 24.3 Å². The fourth-order valence-corrected chi connectivity index (χ4v) is 7.70. The van der Waals surface area contributed by atoms with Crippen molar-refractivity contribution in [3.63, 3.8) is 0 Å². The summed E-state index contributed by atoms with van der Waals surface area (Å²) in [6.45, 7) is 8.16. The largest absolute Gasteiger partial charge is 0.344 e. The molecule has 0 radical (unpaired) electrons. The quantitative estimate of drug-likeness (QED) is 0.535. The van der Waals surface area contributed by atoms with Crippen molar-refractivity contribution < 1.29 is 0 Å². The van der Waals surface area contributed by atoms with E-state index in [0.717, 1.165) is 6.54 Å². The van der Waals surface area contributed by atoms with E-state index in [0.29, 0.717) is 0 Å². The minimum atomic E-state index is -1.41. The first-order valence-electron chi connectivity index (χ1n) is 8.86. The third-order valence-corrected chi connectivity index (χ3v) is 11.1. The fourth-order valence-electron chi connectivity index (χ4n) is 3.88. The third-order valence-electron chi connectivity index (χ3n) is 5.57. The average Bonchev–Trinajstić information content (AvgIpc) is 2.97. The highest BCUT2D eigenvalue weighted by Crippen LogP contribution is 2.25. The van der Waals surface area contributed by atoms with Gasteiger partial charge in [0.05, 0.1) is 0 Å². The monoisotopic (exact) mass is 321 g/mol. The zero-order valence-corrected chi connectivity index (χ0v) is 15.5. The molecule has 0 fully saturated rings. The molecule has 0 saturated carbocycles. The van der Waals surface area contributed by atoms with Crippen LogP contribution in [0.25, 0.3) is 10.9 Å². The van der Waals surface area contributed by atoms with E-state index in [-0.39, 0.29) is 0 Å². The lowest BCUT2D eigenvalue weighted by Crippen LogP contribution is -2.49. The van der Waals surface area contributed by atoms with E-state index in [2.05, 4.69) is 86.0 Å². The highest BCUT2D eigenvalue weighted by atomic mass is 28.3. The van der Waals surface area contributed by atoms with Crippen LogP contribution in [-0.2, 0) is 6.54 Å². The average molecular weight is 322 g/mol. The van der Waals surface area contributed by atoms with Gasteiger partial charge < -0.3 is 4.57 Å². The second kappa shape index (κ2) is 6.75. The number of fused-ring (bicyclic) bond motifs is 1. The van der Waals surface area contributed by atoms with Crippen LogP contribution in [0.3, 0.4) is 0 Å². The van der Waals surface area contributed by atoms with Gasteiger partial charge in [-0.1, -0.05) is 87.4 Å². The van der Waals surface area contributed by atoms with E-state index in [4.69, 9.17) is 0 Å². The molecular weight excluding hydrogens is 294 g/mol. The number of benzene rings is 2. The molecule has 0 aliphatic rings. The van der Waals surface area contributed by atoms with Crippen molar-refractivity contribution in [3.8, 4) is 0 Å². The lowest BCUT2D eigenvalue weighted by Gasteiger charge is -2.30. The van der Waals surface area contributed by atoms with Crippen LogP contribution >= 0.6 is 0 Å². The molecule has 1 aromatic heterocycles. The lowest BCUT2D eigenvalue weighted by molar-refractivity contribution is 0.852. The van der Waals surface area contributed by atoms with Crippen molar-refractivity contribution in [1.29, 1.82) is 0 Å². The third kappa shape index (κ3) is 2.88. The summed E-state index contributed by atoms with van der Waals surface area (Å²) in [5, 5.41) is 3.03. The number of nitrogens with zero attached hydrogens (tertiary/aromatic N) is 1. The first-order valence-corrected chi connectivity index (χ1v) is 11.5. The molecular formula is C21H27NSi. The van der Waals surface area contributed by atoms with Crippen molar-refractivity contribution in [2.24, 2.45) is 0 Å². The van der Waals surface area contributed by atoms with E-state index in [1.54, 1.807) is 5.32 Å². The van der Waals surface area contributed by atoms with Gasteiger partial charge in [-0.15, -0.1) is 0 Å². The van der Waals surface area contributed by atoms with Crippen molar-refractivity contribution in [3.05, 3.63) is 66.2 Å². The minimum absolute atomic E-state index is 0.985. The highest BCUT2D eigenvalue weighted by Gasteiger charge is 2.33. The van der Waals surface area contributed by atoms with Gasteiger partial charge in [0.25, 0.3) is 0 Å². The summed E-state index contributed by atoms with van der Waals surface area (Å²) in [6, 6.07) is 26.2. The van der Waals surface area contributed by atoms with Crippen molar-refractivity contribution in [2.45, 2.75) is 45.4 Å². The molecule has 2 heteroatoms. The van der Waals surface area contributed by atoms with E-state index < -0.39 is 8.07 Å². The molecule has 120 valence electrons. The second-order valence-corrected chi connectivity index (χ2v) is 11.7. The van der Waals surface area contributed by atoms with Crippen LogP contribution in [0, 0.1) is 0 Å². The molecule has 1 heterocycles. The number of aromatic nitrogens is 1. The first kappa shape index (κ1) is 16.1. The Balaban J connectivity index is 2.19. The second-order valence-electron chi connectivity index (χ2n) is 6.50. The summed E-state index contributed by atoms with van der Waals surface area (Å²) < 4.78 is 2.60. The summed E-state index contributed by atoms with van der Waals surface area (Å²) in [7, 11) is -1.41. The Hall–Kier alpha value is -1.80. The molecule has 0 amide bonds. The predicted octanol–water partition coefficient (Wildman–Crippen LogP) is 5.41. The molecule has 0 spiro atoms. The fraction of sp³-hybridized carbons (Fsp3) is 0.333. The van der Waals surface area contributed by atoms with E-state index in [1.165, 1.54) is 34.6 Å². The maximum atomic E-state index is 2.60. The molecule has 0 saturated heterocycles. The summed E-state index contributed by atoms with van der Waals surface area (Å²) >= 11 is 0. The summed E-state index contributed by atoms with van der Waals surface area (Å²) in [6.07, 6.45) is 0. The number of rotatable bonds is 6. The van der Waals surface area contributed by atoms with Crippen LogP contribution < -0.4 is 5.32 Å². The zero-order chi connectivity index (χ0) is 16.3. The maximum absolute atomic E-state index is 2.60. The van der Waals surface area contributed by atoms with Gasteiger partial charge >= 0.3 is 0 Å². The van der Waals surface area contributed by atoms with Gasteiger partial charge in [-0.3, -0.25) is 0 Å².